The van der Waals surface area contributed by atoms with Crippen LogP contribution >= 0.6 is 0 Å². The number of amides is 1. The first kappa shape index (κ1) is 26.7. The fraction of sp³-hybridized carbons (Fsp3) is 0.500. The Labute approximate surface area is 195 Å². The zero-order chi connectivity index (χ0) is 25.4. The van der Waals surface area contributed by atoms with E-state index in [2.05, 4.69) is 5.32 Å². The number of carbonyl (C=O) groups excluding carboxylic acids is 5. The molecule has 2 rings (SSSR count). The lowest BCUT2D eigenvalue weighted by Crippen LogP contribution is -2.65. The van der Waals surface area contributed by atoms with Crippen molar-refractivity contribution in [1.82, 2.24) is 5.32 Å². The Kier molecular flexibility index (Phi) is 9.51. The number of aliphatic hydroxyl groups excluding tert-OH is 1. The number of hydrogen-bond acceptors (Lipinski definition) is 11. The van der Waals surface area contributed by atoms with Crippen molar-refractivity contribution in [2.75, 3.05) is 6.61 Å². The van der Waals surface area contributed by atoms with Crippen LogP contribution < -0.4 is 5.32 Å². The van der Waals surface area contributed by atoms with Crippen molar-refractivity contribution >= 4 is 29.8 Å². The molecule has 1 amide bonds. The highest BCUT2D eigenvalue weighted by Gasteiger charge is 2.55. The molecule has 0 bridgehead atoms. The first-order valence-electron chi connectivity index (χ1n) is 10.3. The molecule has 0 aliphatic carbocycles. The van der Waals surface area contributed by atoms with Crippen LogP contribution in [0.3, 0.4) is 0 Å². The molecular weight excluding hydrogens is 454 g/mol. The summed E-state index contributed by atoms with van der Waals surface area (Å²) >= 11 is 0. The zero-order valence-electron chi connectivity index (χ0n) is 19.1. The summed E-state index contributed by atoms with van der Waals surface area (Å²) in [5, 5.41) is 12.3. The number of rotatable bonds is 8. The van der Waals surface area contributed by atoms with Crippen LogP contribution in [0.5, 0.6) is 0 Å². The van der Waals surface area contributed by atoms with E-state index in [1.54, 1.807) is 30.3 Å². The van der Waals surface area contributed by atoms with Gasteiger partial charge in [-0.2, -0.15) is 0 Å². The fourth-order valence-corrected chi connectivity index (χ4v) is 3.42. The maximum Gasteiger partial charge on any atom is 0.305 e. The van der Waals surface area contributed by atoms with E-state index >= 15 is 0 Å². The Balaban J connectivity index is 2.45. The molecule has 1 aliphatic heterocycles. The Hall–Kier alpha value is -3.51. The normalized spacial score (nSPS) is 24.8. The van der Waals surface area contributed by atoms with E-state index < -0.39 is 73.1 Å². The van der Waals surface area contributed by atoms with Crippen molar-refractivity contribution in [2.24, 2.45) is 0 Å². The molecule has 1 saturated heterocycles. The molecule has 1 fully saturated rings. The van der Waals surface area contributed by atoms with Crippen molar-refractivity contribution in [2.45, 2.75) is 64.4 Å². The molecule has 0 saturated carbocycles. The van der Waals surface area contributed by atoms with Gasteiger partial charge in [-0.15, -0.1) is 0 Å². The lowest BCUT2D eigenvalue weighted by molar-refractivity contribution is -0.290. The molecular formula is C22H27NO11. The van der Waals surface area contributed by atoms with E-state index in [9.17, 15) is 29.1 Å². The van der Waals surface area contributed by atoms with Gasteiger partial charge in [0.1, 0.15) is 0 Å². The van der Waals surface area contributed by atoms with Crippen LogP contribution in [0.2, 0.25) is 0 Å². The van der Waals surface area contributed by atoms with Crippen molar-refractivity contribution in [3.05, 3.63) is 35.9 Å². The predicted molar refractivity (Wildman–Crippen MR) is 112 cm³/mol. The van der Waals surface area contributed by atoms with Gasteiger partial charge in [0, 0.05) is 27.7 Å². The molecule has 0 spiro atoms. The topological polar surface area (TPSA) is 164 Å². The molecule has 1 aromatic carbocycles. The van der Waals surface area contributed by atoms with Gasteiger partial charge in [-0.25, -0.2) is 0 Å². The molecule has 0 unspecified atom stereocenters. The molecule has 0 radical (unpaired) electrons. The van der Waals surface area contributed by atoms with Crippen molar-refractivity contribution in [3.63, 3.8) is 0 Å². The molecule has 186 valence electrons. The predicted octanol–water partition coefficient (Wildman–Crippen LogP) is -0.0807. The number of nitrogens with one attached hydrogen (secondary N) is 1. The first-order valence-corrected chi connectivity index (χ1v) is 10.3. The smallest absolute Gasteiger partial charge is 0.305 e. The van der Waals surface area contributed by atoms with Gasteiger partial charge in [-0.05, 0) is 5.56 Å². The molecule has 34 heavy (non-hydrogen) atoms. The molecule has 1 heterocycles. The van der Waals surface area contributed by atoms with E-state index in [4.69, 9.17) is 23.7 Å². The Morgan fingerprint density at radius 1 is 0.824 bits per heavy atom. The minimum absolute atomic E-state index is 0.475. The summed E-state index contributed by atoms with van der Waals surface area (Å²) in [5.41, 5.74) is 0.573. The van der Waals surface area contributed by atoms with E-state index in [1.807, 2.05) is 0 Å². The number of benzene rings is 1. The van der Waals surface area contributed by atoms with Gasteiger partial charge in [-0.1, -0.05) is 30.3 Å². The standard InChI is InChI=1S/C22H27NO11/c1-11(25)30-17-18(31-12(2)26)20(32-13(3)27)22(33-14(4)28)34-19(17)21(29)23-16(10-24)15-8-6-5-7-9-15/h5-9,16-20,22,24H,10H2,1-4H3,(H,23,29)/t16-,17+,18+,19+,20-,22-/m1/s1. The third-order valence-corrected chi connectivity index (χ3v) is 4.64. The maximum absolute atomic E-state index is 13.2. The SMILES string of the molecule is CC(=O)O[C@@H]1O[C@H](C(=O)N[C@H](CO)c2ccccc2)[C@@H](OC(C)=O)[C@H](OC(C)=O)[C@H]1OC(C)=O. The van der Waals surface area contributed by atoms with E-state index in [1.165, 1.54) is 0 Å². The Bertz CT molecular complexity index is 903. The highest BCUT2D eigenvalue weighted by molar-refractivity contribution is 5.83. The number of ether oxygens (including phenoxy) is 5. The molecule has 6 atom stereocenters. The second kappa shape index (κ2) is 12.1. The minimum Gasteiger partial charge on any atom is -0.455 e. The summed E-state index contributed by atoms with van der Waals surface area (Å²) in [7, 11) is 0. The average molecular weight is 481 g/mol. The first-order chi connectivity index (χ1) is 16.0. The Morgan fingerprint density at radius 3 is 1.82 bits per heavy atom. The summed E-state index contributed by atoms with van der Waals surface area (Å²) in [6.07, 6.45) is -8.00. The third kappa shape index (κ3) is 7.25. The monoisotopic (exact) mass is 481 g/mol. The van der Waals surface area contributed by atoms with Gasteiger partial charge >= 0.3 is 23.9 Å². The molecule has 1 aliphatic rings. The molecule has 12 nitrogen and oxygen atoms in total. The number of aliphatic hydroxyl groups is 1. The van der Waals surface area contributed by atoms with Crippen molar-refractivity contribution in [3.8, 4) is 0 Å². The van der Waals surface area contributed by atoms with Crippen LogP contribution in [-0.2, 0) is 47.7 Å². The van der Waals surface area contributed by atoms with Gasteiger partial charge in [0.25, 0.3) is 5.91 Å². The van der Waals surface area contributed by atoms with Crippen LogP contribution in [-0.4, -0.2) is 72.2 Å². The van der Waals surface area contributed by atoms with Gasteiger partial charge in [0.2, 0.25) is 12.4 Å². The van der Waals surface area contributed by atoms with Gasteiger partial charge in [0.05, 0.1) is 12.6 Å². The van der Waals surface area contributed by atoms with Gasteiger partial charge in [0.15, 0.2) is 18.3 Å². The summed E-state index contributed by atoms with van der Waals surface area (Å²) in [4.78, 5) is 60.2. The summed E-state index contributed by atoms with van der Waals surface area (Å²) < 4.78 is 26.3. The molecule has 12 heteroatoms. The highest BCUT2D eigenvalue weighted by Crippen LogP contribution is 2.30. The second-order valence-electron chi connectivity index (χ2n) is 7.41. The van der Waals surface area contributed by atoms with Crippen LogP contribution in [0, 0.1) is 0 Å². The van der Waals surface area contributed by atoms with E-state index in [-0.39, 0.29) is 0 Å². The van der Waals surface area contributed by atoms with Crippen molar-refractivity contribution in [1.29, 1.82) is 0 Å². The fourth-order valence-electron chi connectivity index (χ4n) is 3.42. The van der Waals surface area contributed by atoms with Gasteiger partial charge in [-0.3, -0.25) is 24.0 Å². The largest absolute Gasteiger partial charge is 0.455 e. The van der Waals surface area contributed by atoms with Crippen LogP contribution in [0.1, 0.15) is 39.3 Å². The van der Waals surface area contributed by atoms with E-state index in [0.29, 0.717) is 5.56 Å². The van der Waals surface area contributed by atoms with Crippen molar-refractivity contribution < 1.29 is 52.8 Å². The number of carbonyl (C=O) groups is 5. The second-order valence-corrected chi connectivity index (χ2v) is 7.41. The number of hydrogen-bond donors (Lipinski definition) is 2. The lowest BCUT2D eigenvalue weighted by Gasteiger charge is -2.43. The lowest BCUT2D eigenvalue weighted by atomic mass is 9.96. The molecule has 1 aromatic rings. The Morgan fingerprint density at radius 2 is 1.32 bits per heavy atom. The maximum atomic E-state index is 13.2. The van der Waals surface area contributed by atoms with Crippen LogP contribution in [0.4, 0.5) is 0 Å². The summed E-state index contributed by atoms with van der Waals surface area (Å²) in [6, 6.07) is 7.66. The zero-order valence-corrected chi connectivity index (χ0v) is 19.1. The third-order valence-electron chi connectivity index (χ3n) is 4.64. The average Bonchev–Trinajstić information content (AvgIpc) is 2.75. The van der Waals surface area contributed by atoms with Crippen LogP contribution in [0.25, 0.3) is 0 Å². The van der Waals surface area contributed by atoms with E-state index in [0.717, 1.165) is 27.7 Å². The summed E-state index contributed by atoms with van der Waals surface area (Å²) in [5.74, 6) is -4.25. The minimum atomic E-state index is -1.67. The highest BCUT2D eigenvalue weighted by atomic mass is 16.7. The molecule has 2 N–H and O–H groups in total. The quantitative estimate of drug-likeness (QED) is 0.377. The summed E-state index contributed by atoms with van der Waals surface area (Å²) in [6.45, 7) is 3.75. The number of esters is 4. The van der Waals surface area contributed by atoms with Gasteiger partial charge < -0.3 is 34.1 Å². The van der Waals surface area contributed by atoms with Crippen LogP contribution in [0.15, 0.2) is 30.3 Å². The molecule has 0 aromatic heterocycles.